The number of esters is 1. The van der Waals surface area contributed by atoms with Crippen molar-refractivity contribution in [1.82, 2.24) is 0 Å². The van der Waals surface area contributed by atoms with Gasteiger partial charge in [0.25, 0.3) is 0 Å². The van der Waals surface area contributed by atoms with Crippen LogP contribution in [0.25, 0.3) is 10.8 Å². The van der Waals surface area contributed by atoms with E-state index in [1.807, 2.05) is 25.1 Å². The van der Waals surface area contributed by atoms with Crippen LogP contribution in [-0.2, 0) is 19.6 Å². The molecule has 0 amide bonds. The molecule has 3 nitrogen and oxygen atoms in total. The van der Waals surface area contributed by atoms with E-state index in [-0.39, 0.29) is 11.9 Å². The molecule has 2 aromatic carbocycles. The molecule has 0 spiro atoms. The van der Waals surface area contributed by atoms with E-state index in [1.54, 1.807) is 0 Å². The van der Waals surface area contributed by atoms with Crippen LogP contribution >= 0.6 is 0 Å². The van der Waals surface area contributed by atoms with Crippen LogP contribution in [0.2, 0.25) is 19.6 Å². The Morgan fingerprint density at radius 1 is 1.17 bits per heavy atom. The number of carbonyl (C=O) groups excluding carboxylic acids is 1. The summed E-state index contributed by atoms with van der Waals surface area (Å²) in [6.07, 6.45) is 0.712. The Bertz CT molecular complexity index is 729. The predicted molar refractivity (Wildman–Crippen MR) is 94.8 cm³/mol. The molecule has 23 heavy (non-hydrogen) atoms. The van der Waals surface area contributed by atoms with Gasteiger partial charge in [-0.25, -0.2) is 0 Å². The Balaban J connectivity index is 2.08. The standard InChI is InChI=1S/C19H24O3Si/c1-5-21-18(20)17-13-19(17,22-23(2,3)4)16-12-8-10-14-9-6-7-11-15(14)16/h6-12,17H,5,13H2,1-4H3/t17-,19+/m0/s1. The lowest BCUT2D eigenvalue weighted by atomic mass is 9.97. The molecule has 1 saturated carbocycles. The summed E-state index contributed by atoms with van der Waals surface area (Å²) in [6, 6.07) is 14.5. The van der Waals surface area contributed by atoms with Crippen LogP contribution in [-0.4, -0.2) is 20.9 Å². The molecular weight excluding hydrogens is 304 g/mol. The lowest BCUT2D eigenvalue weighted by molar-refractivity contribution is -0.146. The van der Waals surface area contributed by atoms with Gasteiger partial charge >= 0.3 is 5.97 Å². The summed E-state index contributed by atoms with van der Waals surface area (Å²) in [7, 11) is -1.82. The molecule has 122 valence electrons. The summed E-state index contributed by atoms with van der Waals surface area (Å²) >= 11 is 0. The van der Waals surface area contributed by atoms with E-state index in [2.05, 4.69) is 43.9 Å². The van der Waals surface area contributed by atoms with Crippen molar-refractivity contribution < 1.29 is 14.0 Å². The van der Waals surface area contributed by atoms with Gasteiger partial charge in [0.2, 0.25) is 0 Å². The van der Waals surface area contributed by atoms with Crippen LogP contribution in [0.3, 0.4) is 0 Å². The largest absolute Gasteiger partial charge is 0.466 e. The van der Waals surface area contributed by atoms with Crippen LogP contribution < -0.4 is 0 Å². The molecule has 1 aliphatic rings. The highest BCUT2D eigenvalue weighted by Crippen LogP contribution is 2.58. The average Bonchev–Trinajstić information content (AvgIpc) is 3.20. The molecule has 2 aromatic rings. The van der Waals surface area contributed by atoms with Gasteiger partial charge in [-0.05, 0) is 49.3 Å². The van der Waals surface area contributed by atoms with Gasteiger partial charge in [0.1, 0.15) is 0 Å². The molecule has 0 bridgehead atoms. The topological polar surface area (TPSA) is 35.5 Å². The zero-order chi connectivity index (χ0) is 16.7. The van der Waals surface area contributed by atoms with E-state index in [1.165, 1.54) is 10.8 Å². The lowest BCUT2D eigenvalue weighted by Gasteiger charge is -2.28. The molecule has 0 heterocycles. The van der Waals surface area contributed by atoms with Gasteiger partial charge in [0.15, 0.2) is 8.32 Å². The predicted octanol–water partition coefficient (Wildman–Crippen LogP) is 4.47. The van der Waals surface area contributed by atoms with Gasteiger partial charge in [0.05, 0.1) is 18.1 Å². The first-order valence-electron chi connectivity index (χ1n) is 8.22. The van der Waals surface area contributed by atoms with E-state index in [4.69, 9.17) is 9.16 Å². The van der Waals surface area contributed by atoms with E-state index < -0.39 is 13.9 Å². The zero-order valence-corrected chi connectivity index (χ0v) is 15.3. The van der Waals surface area contributed by atoms with Crippen molar-refractivity contribution in [2.24, 2.45) is 5.92 Å². The summed E-state index contributed by atoms with van der Waals surface area (Å²) in [5.41, 5.74) is 0.605. The zero-order valence-electron chi connectivity index (χ0n) is 14.3. The number of benzene rings is 2. The van der Waals surface area contributed by atoms with Gasteiger partial charge < -0.3 is 9.16 Å². The van der Waals surface area contributed by atoms with Gasteiger partial charge in [-0.1, -0.05) is 42.5 Å². The van der Waals surface area contributed by atoms with E-state index in [0.717, 1.165) is 5.56 Å². The Hall–Kier alpha value is -1.65. The first kappa shape index (κ1) is 16.2. The lowest BCUT2D eigenvalue weighted by Crippen LogP contribution is -2.34. The minimum absolute atomic E-state index is 0.140. The van der Waals surface area contributed by atoms with E-state index >= 15 is 0 Å². The molecule has 2 atom stereocenters. The molecule has 0 saturated heterocycles. The smallest absolute Gasteiger partial charge is 0.312 e. The molecule has 0 N–H and O–H groups in total. The SMILES string of the molecule is CCOC(=O)[C@@H]1C[C@@]1(O[Si](C)(C)C)c1cccc2ccccc12. The van der Waals surface area contributed by atoms with Crippen molar-refractivity contribution >= 4 is 25.1 Å². The first-order valence-corrected chi connectivity index (χ1v) is 11.6. The second-order valence-corrected chi connectivity index (χ2v) is 11.6. The number of fused-ring (bicyclic) bond motifs is 1. The fourth-order valence-electron chi connectivity index (χ4n) is 3.37. The minimum atomic E-state index is -1.82. The molecule has 4 heteroatoms. The number of carbonyl (C=O) groups is 1. The van der Waals surface area contributed by atoms with Crippen LogP contribution in [0.5, 0.6) is 0 Å². The molecule has 3 rings (SSSR count). The molecule has 0 unspecified atom stereocenters. The highest BCUT2D eigenvalue weighted by Gasteiger charge is 2.63. The third-order valence-electron chi connectivity index (χ3n) is 4.22. The van der Waals surface area contributed by atoms with Gasteiger partial charge in [-0.3, -0.25) is 4.79 Å². The maximum Gasteiger partial charge on any atom is 0.312 e. The van der Waals surface area contributed by atoms with E-state index in [0.29, 0.717) is 13.0 Å². The number of hydrogen-bond donors (Lipinski definition) is 0. The maximum absolute atomic E-state index is 12.3. The molecule has 1 aliphatic carbocycles. The summed E-state index contributed by atoms with van der Waals surface area (Å²) in [4.78, 5) is 12.3. The Labute approximate surface area is 138 Å². The summed E-state index contributed by atoms with van der Waals surface area (Å²) in [6.45, 7) is 8.76. The summed E-state index contributed by atoms with van der Waals surface area (Å²) < 4.78 is 11.8. The molecule has 0 aromatic heterocycles. The number of hydrogen-bond acceptors (Lipinski definition) is 3. The highest BCUT2D eigenvalue weighted by atomic mass is 28.4. The first-order chi connectivity index (χ1) is 10.9. The van der Waals surface area contributed by atoms with Crippen LogP contribution in [0, 0.1) is 5.92 Å². The molecule has 0 aliphatic heterocycles. The Kier molecular flexibility index (Phi) is 4.06. The summed E-state index contributed by atoms with van der Waals surface area (Å²) in [5, 5.41) is 2.35. The molecule has 1 fully saturated rings. The third kappa shape index (κ3) is 3.06. The van der Waals surface area contributed by atoms with Crippen molar-refractivity contribution in [2.75, 3.05) is 6.61 Å². The number of rotatable bonds is 5. The normalized spacial score (nSPS) is 23.7. The number of ether oxygens (including phenoxy) is 1. The third-order valence-corrected chi connectivity index (χ3v) is 5.19. The average molecular weight is 328 g/mol. The Morgan fingerprint density at radius 3 is 2.57 bits per heavy atom. The molecule has 0 radical (unpaired) electrons. The second-order valence-electron chi connectivity index (χ2n) is 7.14. The van der Waals surface area contributed by atoms with Crippen molar-refractivity contribution in [2.45, 2.75) is 38.6 Å². The second kappa shape index (κ2) is 5.76. The molecular formula is C19H24O3Si. The van der Waals surface area contributed by atoms with Crippen LogP contribution in [0.15, 0.2) is 42.5 Å². The fraction of sp³-hybridized carbons (Fsp3) is 0.421. The maximum atomic E-state index is 12.3. The quantitative estimate of drug-likeness (QED) is 0.600. The Morgan fingerprint density at radius 2 is 1.87 bits per heavy atom. The minimum Gasteiger partial charge on any atom is -0.466 e. The highest BCUT2D eigenvalue weighted by molar-refractivity contribution is 6.69. The van der Waals surface area contributed by atoms with Crippen LogP contribution in [0.1, 0.15) is 18.9 Å². The fourth-order valence-corrected chi connectivity index (χ4v) is 4.80. The van der Waals surface area contributed by atoms with Crippen molar-refractivity contribution in [3.63, 3.8) is 0 Å². The van der Waals surface area contributed by atoms with Crippen LogP contribution in [0.4, 0.5) is 0 Å². The van der Waals surface area contributed by atoms with Crippen molar-refractivity contribution in [3.05, 3.63) is 48.0 Å². The van der Waals surface area contributed by atoms with Gasteiger partial charge in [-0.15, -0.1) is 0 Å². The van der Waals surface area contributed by atoms with Crippen molar-refractivity contribution in [1.29, 1.82) is 0 Å². The van der Waals surface area contributed by atoms with Crippen molar-refractivity contribution in [3.8, 4) is 0 Å². The van der Waals surface area contributed by atoms with E-state index in [9.17, 15) is 4.79 Å². The van der Waals surface area contributed by atoms with Gasteiger partial charge in [0, 0.05) is 0 Å². The summed E-state index contributed by atoms with van der Waals surface area (Å²) in [5.74, 6) is -0.335. The van der Waals surface area contributed by atoms with Gasteiger partial charge in [-0.2, -0.15) is 0 Å². The monoisotopic (exact) mass is 328 g/mol.